The van der Waals surface area contributed by atoms with Crippen molar-refractivity contribution in [1.29, 1.82) is 0 Å². The minimum absolute atomic E-state index is 0.222. The first-order valence-corrected chi connectivity index (χ1v) is 10.4. The van der Waals surface area contributed by atoms with Gasteiger partial charge in [-0.1, -0.05) is 11.6 Å². The van der Waals surface area contributed by atoms with Gasteiger partial charge in [0.25, 0.3) is 0 Å². The fraction of sp³-hybridized carbons (Fsp3) is 0.200. The van der Waals surface area contributed by atoms with Crippen LogP contribution in [0.1, 0.15) is 53.0 Å². The Morgan fingerprint density at radius 2 is 1.24 bits per heavy atom. The first-order chi connectivity index (χ1) is 17.5. The molecule has 0 fully saturated rings. The number of aromatic carboxylic acids is 1. The van der Waals surface area contributed by atoms with E-state index >= 15 is 0 Å². The summed E-state index contributed by atoms with van der Waals surface area (Å²) in [6, 6.07) is 3.92. The number of alkyl halides is 6. The van der Waals surface area contributed by atoms with Gasteiger partial charge in [-0.05, 0) is 51.1 Å². The Morgan fingerprint density at radius 3 is 1.61 bits per heavy atom. The Bertz CT molecular complexity index is 1490. The number of rotatable bonds is 2. The van der Waals surface area contributed by atoms with E-state index in [0.717, 1.165) is 6.07 Å². The van der Waals surface area contributed by atoms with Gasteiger partial charge in [0, 0.05) is 16.8 Å². The standard InChI is InChI=1S/C10H4F4O3.C10H4F4O2.C5H10/c11-6-2-1-5(10(12,13)14)4-3-7(9(15)16)17-8(4)6;11-8-2-1-7(10(12,13)14)6-3-5(4-15)16-9(6)8;1-4-5(2)3/h1-3H,(H,15,16);1-4H;4H,1-3H3. The van der Waals surface area contributed by atoms with Gasteiger partial charge in [-0.2, -0.15) is 26.3 Å². The lowest BCUT2D eigenvalue weighted by atomic mass is 10.1. The Kier molecular flexibility index (Phi) is 9.09. The van der Waals surface area contributed by atoms with Gasteiger partial charge in [0.05, 0.1) is 11.1 Å². The van der Waals surface area contributed by atoms with Crippen LogP contribution in [0.2, 0.25) is 0 Å². The molecule has 204 valence electrons. The summed E-state index contributed by atoms with van der Waals surface area (Å²) in [4.78, 5) is 20.9. The van der Waals surface area contributed by atoms with Gasteiger partial charge in [-0.3, -0.25) is 4.79 Å². The van der Waals surface area contributed by atoms with Crippen LogP contribution in [-0.4, -0.2) is 17.4 Å². The van der Waals surface area contributed by atoms with E-state index in [9.17, 15) is 44.7 Å². The molecule has 5 nitrogen and oxygen atoms in total. The molecule has 0 atom stereocenters. The van der Waals surface area contributed by atoms with Crippen molar-refractivity contribution in [2.75, 3.05) is 0 Å². The normalized spacial score (nSPS) is 11.3. The van der Waals surface area contributed by atoms with E-state index in [2.05, 4.69) is 28.8 Å². The number of carboxylic acid groups (broad SMARTS) is 1. The zero-order chi connectivity index (χ0) is 29.0. The van der Waals surface area contributed by atoms with E-state index in [-0.39, 0.29) is 12.0 Å². The topological polar surface area (TPSA) is 80.6 Å². The highest BCUT2D eigenvalue weighted by Gasteiger charge is 2.35. The number of benzene rings is 2. The lowest BCUT2D eigenvalue weighted by molar-refractivity contribution is -0.137. The predicted octanol–water partition coefficient (Wildman–Crippen LogP) is 8.66. The van der Waals surface area contributed by atoms with Gasteiger partial charge in [0.2, 0.25) is 5.76 Å². The first kappa shape index (κ1) is 30.1. The molecule has 4 aromatic rings. The molecule has 13 heteroatoms. The molecule has 0 bridgehead atoms. The van der Waals surface area contributed by atoms with Crippen molar-refractivity contribution in [3.63, 3.8) is 0 Å². The number of halogens is 8. The molecule has 0 amide bonds. The second-order valence-electron chi connectivity index (χ2n) is 7.72. The Hall–Kier alpha value is -4.16. The fourth-order valence-corrected chi connectivity index (χ4v) is 2.86. The molecule has 0 aliphatic heterocycles. The maximum Gasteiger partial charge on any atom is 0.417 e. The maximum atomic E-state index is 13.2. The van der Waals surface area contributed by atoms with Gasteiger partial charge in [0.15, 0.2) is 34.8 Å². The summed E-state index contributed by atoms with van der Waals surface area (Å²) < 4.78 is 111. The van der Waals surface area contributed by atoms with Gasteiger partial charge >= 0.3 is 18.3 Å². The average molecular weight is 550 g/mol. The minimum atomic E-state index is -4.70. The van der Waals surface area contributed by atoms with Crippen LogP contribution in [0.25, 0.3) is 21.9 Å². The summed E-state index contributed by atoms with van der Waals surface area (Å²) in [5.74, 6) is -4.62. The Morgan fingerprint density at radius 1 is 0.816 bits per heavy atom. The van der Waals surface area contributed by atoms with Crippen molar-refractivity contribution in [3.8, 4) is 0 Å². The number of hydrogen-bond donors (Lipinski definition) is 1. The van der Waals surface area contributed by atoms with Gasteiger partial charge in [-0.25, -0.2) is 13.6 Å². The van der Waals surface area contributed by atoms with Crippen LogP contribution in [0.3, 0.4) is 0 Å². The number of carbonyl (C=O) groups excluding carboxylic acids is 1. The van der Waals surface area contributed by atoms with Crippen LogP contribution in [0, 0.1) is 11.6 Å². The third-order valence-corrected chi connectivity index (χ3v) is 4.81. The monoisotopic (exact) mass is 550 g/mol. The van der Waals surface area contributed by atoms with Crippen LogP contribution in [-0.2, 0) is 12.4 Å². The number of aldehydes is 1. The van der Waals surface area contributed by atoms with Crippen LogP contribution < -0.4 is 0 Å². The molecule has 0 saturated carbocycles. The summed E-state index contributed by atoms with van der Waals surface area (Å²) in [5.41, 5.74) is -2.05. The molecule has 0 spiro atoms. The maximum absolute atomic E-state index is 13.2. The van der Waals surface area contributed by atoms with Crippen LogP contribution >= 0.6 is 0 Å². The second kappa shape index (κ2) is 11.5. The molecule has 1 N–H and O–H groups in total. The molecular formula is C25H18F8O5. The summed E-state index contributed by atoms with van der Waals surface area (Å²) >= 11 is 0. The van der Waals surface area contributed by atoms with E-state index in [1.54, 1.807) is 0 Å². The SMILES string of the molecule is CC=C(C)C.O=C(O)c1cc2c(C(F)(F)F)ccc(F)c2o1.O=Cc1cc2c(C(F)(F)F)ccc(F)c2o1. The van der Waals surface area contributed by atoms with Crippen LogP contribution in [0.5, 0.6) is 0 Å². The largest absolute Gasteiger partial charge is 0.475 e. The Labute approximate surface area is 208 Å². The van der Waals surface area contributed by atoms with E-state index in [1.807, 2.05) is 6.92 Å². The Balaban J connectivity index is 0.000000228. The average Bonchev–Trinajstić information content (AvgIpc) is 3.44. The summed E-state index contributed by atoms with van der Waals surface area (Å²) in [7, 11) is 0. The summed E-state index contributed by atoms with van der Waals surface area (Å²) in [5, 5.41) is 7.52. The van der Waals surface area contributed by atoms with Crippen molar-refractivity contribution >= 4 is 34.2 Å². The number of carbonyl (C=O) groups is 2. The van der Waals surface area contributed by atoms with Crippen LogP contribution in [0.4, 0.5) is 35.1 Å². The van der Waals surface area contributed by atoms with E-state index < -0.39 is 68.8 Å². The highest BCUT2D eigenvalue weighted by Crippen LogP contribution is 2.38. The van der Waals surface area contributed by atoms with Crippen molar-refractivity contribution in [2.24, 2.45) is 0 Å². The molecule has 2 aromatic carbocycles. The van der Waals surface area contributed by atoms with E-state index in [0.29, 0.717) is 30.3 Å². The zero-order valence-corrected chi connectivity index (χ0v) is 19.7. The number of fused-ring (bicyclic) bond motifs is 2. The summed E-state index contributed by atoms with van der Waals surface area (Å²) in [6.45, 7) is 6.20. The highest BCUT2D eigenvalue weighted by molar-refractivity contribution is 5.93. The van der Waals surface area contributed by atoms with Crippen molar-refractivity contribution in [3.05, 3.63) is 82.3 Å². The van der Waals surface area contributed by atoms with Crippen molar-refractivity contribution in [1.82, 2.24) is 0 Å². The lowest BCUT2D eigenvalue weighted by Gasteiger charge is -2.06. The lowest BCUT2D eigenvalue weighted by Crippen LogP contribution is -2.05. The summed E-state index contributed by atoms with van der Waals surface area (Å²) in [6.07, 6.45) is -7.01. The fourth-order valence-electron chi connectivity index (χ4n) is 2.86. The third kappa shape index (κ3) is 6.99. The highest BCUT2D eigenvalue weighted by atomic mass is 19.4. The van der Waals surface area contributed by atoms with Crippen molar-refractivity contribution in [2.45, 2.75) is 33.1 Å². The molecule has 0 unspecified atom stereocenters. The number of carboxylic acids is 1. The number of allylic oxidation sites excluding steroid dienone is 2. The number of hydrogen-bond acceptors (Lipinski definition) is 4. The molecular weight excluding hydrogens is 532 g/mol. The van der Waals surface area contributed by atoms with Gasteiger partial charge in [0.1, 0.15) is 0 Å². The van der Waals surface area contributed by atoms with Gasteiger partial charge < -0.3 is 13.9 Å². The molecule has 4 rings (SSSR count). The van der Waals surface area contributed by atoms with E-state index in [1.165, 1.54) is 5.57 Å². The van der Waals surface area contributed by atoms with Gasteiger partial charge in [-0.15, -0.1) is 0 Å². The molecule has 0 aliphatic carbocycles. The number of furan rings is 2. The quantitative estimate of drug-likeness (QED) is 0.153. The molecule has 2 heterocycles. The molecule has 0 aliphatic rings. The third-order valence-electron chi connectivity index (χ3n) is 4.81. The second-order valence-corrected chi connectivity index (χ2v) is 7.72. The first-order valence-electron chi connectivity index (χ1n) is 10.4. The van der Waals surface area contributed by atoms with Crippen LogP contribution in [0.15, 0.2) is 56.9 Å². The zero-order valence-electron chi connectivity index (χ0n) is 19.7. The van der Waals surface area contributed by atoms with E-state index in [4.69, 9.17) is 5.11 Å². The molecule has 0 saturated heterocycles. The minimum Gasteiger partial charge on any atom is -0.475 e. The molecule has 0 radical (unpaired) electrons. The predicted molar refractivity (Wildman–Crippen MR) is 120 cm³/mol. The molecule has 38 heavy (non-hydrogen) atoms. The van der Waals surface area contributed by atoms with Crippen molar-refractivity contribution < 1.29 is 58.7 Å². The smallest absolute Gasteiger partial charge is 0.417 e. The molecule has 2 aromatic heterocycles.